The number of nitrogens with one attached hydrogen (secondary N) is 1. The summed E-state index contributed by atoms with van der Waals surface area (Å²) >= 11 is 0. The molecule has 1 saturated carbocycles. The Morgan fingerprint density at radius 1 is 1.26 bits per heavy atom. The molecule has 1 amide bonds. The molecule has 0 bridgehead atoms. The number of carbonyl (C=O) groups excluding carboxylic acids is 1. The first-order valence-electron chi connectivity index (χ1n) is 8.41. The van der Waals surface area contributed by atoms with Crippen LogP contribution in [0.25, 0.3) is 10.9 Å². The molecular formula is C18H19N3O2. The van der Waals surface area contributed by atoms with Crippen LogP contribution in [-0.4, -0.2) is 45.4 Å². The molecule has 23 heavy (non-hydrogen) atoms. The smallest absolute Gasteiger partial charge is 0.233 e. The molecule has 1 aromatic carbocycles. The zero-order valence-electron chi connectivity index (χ0n) is 12.8. The Kier molecular flexibility index (Phi) is 2.71. The van der Waals surface area contributed by atoms with Gasteiger partial charge in [0.05, 0.1) is 23.8 Å². The van der Waals surface area contributed by atoms with Crippen LogP contribution in [-0.2, 0) is 11.2 Å². The molecule has 5 nitrogen and oxygen atoms in total. The first kappa shape index (κ1) is 13.3. The zero-order valence-corrected chi connectivity index (χ0v) is 12.8. The normalized spacial score (nSPS) is 29.8. The molecule has 1 fully saturated rings. The summed E-state index contributed by atoms with van der Waals surface area (Å²) in [6.07, 6.45) is 2.84. The van der Waals surface area contributed by atoms with Gasteiger partial charge >= 0.3 is 0 Å². The second kappa shape index (κ2) is 4.68. The van der Waals surface area contributed by atoms with Crippen LogP contribution < -0.4 is 0 Å². The number of para-hydroxylation sites is 1. The van der Waals surface area contributed by atoms with Gasteiger partial charge in [0.25, 0.3) is 0 Å². The highest BCUT2D eigenvalue weighted by molar-refractivity contribution is 6.13. The Balaban J connectivity index is 1.70. The molecule has 3 heterocycles. The number of carbonyl (C=O) groups is 1. The standard InChI is InChI=1S/C18H19N3O2/c22-14-7-3-5-12-15(14)20-17-16-11(8-9-21(17)18(12)23)10-4-1-2-6-13(10)19-16/h1-2,4,6,12,14-15,19,22H,3,5,7-9H2. The quantitative estimate of drug-likeness (QED) is 0.780. The lowest BCUT2D eigenvalue weighted by atomic mass is 9.80. The van der Waals surface area contributed by atoms with Crippen molar-refractivity contribution in [2.75, 3.05) is 6.54 Å². The predicted molar refractivity (Wildman–Crippen MR) is 87.4 cm³/mol. The van der Waals surface area contributed by atoms with Gasteiger partial charge in [-0.25, -0.2) is 0 Å². The number of aliphatic hydroxyl groups is 1. The van der Waals surface area contributed by atoms with Crippen molar-refractivity contribution in [2.24, 2.45) is 10.9 Å². The molecule has 3 atom stereocenters. The van der Waals surface area contributed by atoms with Crippen LogP contribution in [0.15, 0.2) is 29.3 Å². The second-order valence-corrected chi connectivity index (χ2v) is 6.81. The molecule has 3 aliphatic rings. The summed E-state index contributed by atoms with van der Waals surface area (Å²) in [5.74, 6) is 0.728. The molecular weight excluding hydrogens is 290 g/mol. The average Bonchev–Trinajstić information content (AvgIpc) is 2.95. The van der Waals surface area contributed by atoms with Gasteiger partial charge in [-0.2, -0.15) is 0 Å². The monoisotopic (exact) mass is 309 g/mol. The van der Waals surface area contributed by atoms with Crippen molar-refractivity contribution in [3.05, 3.63) is 35.5 Å². The van der Waals surface area contributed by atoms with Gasteiger partial charge in [-0.3, -0.25) is 14.7 Å². The Morgan fingerprint density at radius 2 is 2.13 bits per heavy atom. The maximum Gasteiger partial charge on any atom is 0.233 e. The minimum atomic E-state index is -0.498. The fraction of sp³-hybridized carbons (Fsp3) is 0.444. The molecule has 2 N–H and O–H groups in total. The van der Waals surface area contributed by atoms with E-state index in [0.717, 1.165) is 42.7 Å². The van der Waals surface area contributed by atoms with Crippen LogP contribution >= 0.6 is 0 Å². The van der Waals surface area contributed by atoms with Crippen molar-refractivity contribution < 1.29 is 9.90 Å². The van der Waals surface area contributed by atoms with Crippen molar-refractivity contribution in [1.29, 1.82) is 0 Å². The van der Waals surface area contributed by atoms with Crippen molar-refractivity contribution in [3.8, 4) is 0 Å². The molecule has 0 spiro atoms. The third-order valence-electron chi connectivity index (χ3n) is 5.55. The molecule has 3 unspecified atom stereocenters. The zero-order chi connectivity index (χ0) is 15.6. The molecule has 0 saturated heterocycles. The van der Waals surface area contributed by atoms with E-state index in [2.05, 4.69) is 17.1 Å². The van der Waals surface area contributed by atoms with E-state index in [-0.39, 0.29) is 17.9 Å². The Labute approximate surface area is 134 Å². The third kappa shape index (κ3) is 1.77. The maximum atomic E-state index is 12.9. The highest BCUT2D eigenvalue weighted by Gasteiger charge is 2.45. The van der Waals surface area contributed by atoms with Crippen LogP contribution in [0.3, 0.4) is 0 Å². The van der Waals surface area contributed by atoms with Gasteiger partial charge in [-0.1, -0.05) is 18.2 Å². The number of aromatic nitrogens is 1. The number of H-pyrrole nitrogens is 1. The SMILES string of the molecule is O=C1C2CCCC(O)C2N=C2c3[nH]c4ccccc4c3CCN12. The van der Waals surface area contributed by atoms with Crippen LogP contribution in [0.4, 0.5) is 0 Å². The second-order valence-electron chi connectivity index (χ2n) is 6.81. The highest BCUT2D eigenvalue weighted by Crippen LogP contribution is 2.36. The van der Waals surface area contributed by atoms with E-state index in [1.807, 2.05) is 17.0 Å². The fourth-order valence-corrected chi connectivity index (χ4v) is 4.41. The Bertz CT molecular complexity index is 838. The molecule has 2 aliphatic heterocycles. The summed E-state index contributed by atoms with van der Waals surface area (Å²) in [5.41, 5.74) is 3.29. The number of rotatable bonds is 0. The minimum absolute atomic E-state index is 0.142. The summed E-state index contributed by atoms with van der Waals surface area (Å²) in [6.45, 7) is 0.686. The summed E-state index contributed by atoms with van der Waals surface area (Å²) in [6, 6.07) is 7.94. The molecule has 0 radical (unpaired) electrons. The average molecular weight is 309 g/mol. The first-order valence-corrected chi connectivity index (χ1v) is 8.41. The number of benzene rings is 1. The molecule has 1 aliphatic carbocycles. The third-order valence-corrected chi connectivity index (χ3v) is 5.55. The van der Waals surface area contributed by atoms with E-state index in [9.17, 15) is 9.90 Å². The maximum absolute atomic E-state index is 12.9. The van der Waals surface area contributed by atoms with Crippen molar-refractivity contribution in [2.45, 2.75) is 37.8 Å². The van der Waals surface area contributed by atoms with Crippen molar-refractivity contribution in [1.82, 2.24) is 9.88 Å². The number of aliphatic imine (C=N–C) groups is 1. The van der Waals surface area contributed by atoms with Crippen LogP contribution in [0.5, 0.6) is 0 Å². The van der Waals surface area contributed by atoms with Gasteiger partial charge in [0.1, 0.15) is 0 Å². The fourth-order valence-electron chi connectivity index (χ4n) is 4.41. The molecule has 2 aromatic rings. The number of aromatic amines is 1. The molecule has 118 valence electrons. The van der Waals surface area contributed by atoms with E-state index >= 15 is 0 Å². The number of amides is 1. The largest absolute Gasteiger partial charge is 0.391 e. The van der Waals surface area contributed by atoms with Crippen LogP contribution in [0.1, 0.15) is 30.5 Å². The topological polar surface area (TPSA) is 68.7 Å². The predicted octanol–water partition coefficient (Wildman–Crippen LogP) is 1.84. The van der Waals surface area contributed by atoms with Gasteiger partial charge < -0.3 is 10.1 Å². The summed E-state index contributed by atoms with van der Waals surface area (Å²) in [7, 11) is 0. The highest BCUT2D eigenvalue weighted by atomic mass is 16.3. The summed E-state index contributed by atoms with van der Waals surface area (Å²) < 4.78 is 0. The number of aliphatic hydroxyl groups excluding tert-OH is 1. The number of fused-ring (bicyclic) bond motifs is 6. The van der Waals surface area contributed by atoms with E-state index < -0.39 is 6.10 Å². The van der Waals surface area contributed by atoms with Crippen molar-refractivity contribution >= 4 is 22.6 Å². The van der Waals surface area contributed by atoms with E-state index in [0.29, 0.717) is 6.54 Å². The van der Waals surface area contributed by atoms with Crippen LogP contribution in [0.2, 0.25) is 0 Å². The van der Waals surface area contributed by atoms with Gasteiger partial charge in [0, 0.05) is 17.4 Å². The van der Waals surface area contributed by atoms with Gasteiger partial charge in [0.15, 0.2) is 5.84 Å². The summed E-state index contributed by atoms with van der Waals surface area (Å²) in [5, 5.41) is 11.5. The number of hydrogen-bond acceptors (Lipinski definition) is 3. The number of nitrogens with zero attached hydrogens (tertiary/aromatic N) is 2. The lowest BCUT2D eigenvalue weighted by Gasteiger charge is -2.42. The first-order chi connectivity index (χ1) is 11.2. The molecule has 5 heteroatoms. The molecule has 5 rings (SSSR count). The summed E-state index contributed by atoms with van der Waals surface area (Å²) in [4.78, 5) is 23.0. The van der Waals surface area contributed by atoms with E-state index in [1.54, 1.807) is 0 Å². The van der Waals surface area contributed by atoms with E-state index in [1.165, 1.54) is 10.9 Å². The van der Waals surface area contributed by atoms with E-state index in [4.69, 9.17) is 4.99 Å². The van der Waals surface area contributed by atoms with Gasteiger partial charge in [0.2, 0.25) is 5.91 Å². The molecule has 1 aromatic heterocycles. The Morgan fingerprint density at radius 3 is 3.04 bits per heavy atom. The number of hydrogen-bond donors (Lipinski definition) is 2. The minimum Gasteiger partial charge on any atom is -0.391 e. The van der Waals surface area contributed by atoms with Crippen molar-refractivity contribution in [3.63, 3.8) is 0 Å². The van der Waals surface area contributed by atoms with Crippen LogP contribution in [0, 0.1) is 5.92 Å². The Hall–Kier alpha value is -2.14. The van der Waals surface area contributed by atoms with Gasteiger partial charge in [-0.15, -0.1) is 0 Å². The number of amidine groups is 1. The lowest BCUT2D eigenvalue weighted by Crippen LogP contribution is -2.55. The van der Waals surface area contributed by atoms with Gasteiger partial charge in [-0.05, 0) is 37.3 Å². The lowest BCUT2D eigenvalue weighted by molar-refractivity contribution is -0.136.